The van der Waals surface area contributed by atoms with Crippen molar-refractivity contribution in [2.45, 2.75) is 6.42 Å². The van der Waals surface area contributed by atoms with Gasteiger partial charge in [0.1, 0.15) is 6.42 Å². The van der Waals surface area contributed by atoms with E-state index in [2.05, 4.69) is 21.2 Å². The van der Waals surface area contributed by atoms with Crippen LogP contribution in [0, 0.1) is 0 Å². The largest absolute Gasteiger partial charge is 0.302 e. The minimum Gasteiger partial charge on any atom is -0.302 e. The number of hydrogen-bond donors (Lipinski definition) is 1. The van der Waals surface area contributed by atoms with Crippen LogP contribution in [0.4, 0.5) is 5.69 Å². The first-order chi connectivity index (χ1) is 7.58. The number of rotatable bonds is 1. The van der Waals surface area contributed by atoms with Gasteiger partial charge in [-0.1, -0.05) is 22.0 Å². The monoisotopic (exact) mass is 298 g/mol. The molecule has 1 heterocycles. The lowest BCUT2D eigenvalue weighted by Crippen LogP contribution is -2.52. The second kappa shape index (κ2) is 4.31. The normalized spacial score (nSPS) is 16.3. The highest BCUT2D eigenvalue weighted by Crippen LogP contribution is 2.22. The number of hydrogen-bond acceptors (Lipinski definition) is 3. The fourth-order valence-electron chi connectivity index (χ4n) is 1.43. The molecule has 0 bridgehead atoms. The Morgan fingerprint density at radius 2 is 2.12 bits per heavy atom. The zero-order chi connectivity index (χ0) is 11.7. The Kier molecular flexibility index (Phi) is 3.02. The Morgan fingerprint density at radius 1 is 1.38 bits per heavy atom. The zero-order valence-electron chi connectivity index (χ0n) is 8.07. The molecule has 1 aromatic carbocycles. The van der Waals surface area contributed by atoms with Gasteiger partial charge in [-0.3, -0.25) is 14.5 Å². The van der Waals surface area contributed by atoms with Crippen molar-refractivity contribution >= 4 is 50.8 Å². The average Bonchev–Trinajstić information content (AvgIpc) is 2.15. The Bertz CT molecular complexity index is 469. The molecule has 0 aromatic heterocycles. The van der Waals surface area contributed by atoms with Crippen LogP contribution < -0.4 is 10.2 Å². The van der Waals surface area contributed by atoms with Crippen LogP contribution in [0.2, 0.25) is 0 Å². The van der Waals surface area contributed by atoms with Gasteiger partial charge >= 0.3 is 0 Å². The van der Waals surface area contributed by atoms with E-state index in [-0.39, 0.29) is 23.3 Å². The Labute approximate surface area is 106 Å². The molecule has 4 nitrogen and oxygen atoms in total. The lowest BCUT2D eigenvalue weighted by molar-refractivity contribution is -0.127. The van der Waals surface area contributed by atoms with Crippen molar-refractivity contribution in [1.29, 1.82) is 0 Å². The second-order valence-electron chi connectivity index (χ2n) is 3.24. The summed E-state index contributed by atoms with van der Waals surface area (Å²) in [6.07, 6.45) is -0.174. The van der Waals surface area contributed by atoms with Crippen molar-refractivity contribution < 1.29 is 9.59 Å². The number of benzene rings is 1. The van der Waals surface area contributed by atoms with Crippen LogP contribution in [-0.4, -0.2) is 16.9 Å². The van der Waals surface area contributed by atoms with Gasteiger partial charge in [0, 0.05) is 4.47 Å². The second-order valence-corrected chi connectivity index (χ2v) is 4.54. The van der Waals surface area contributed by atoms with E-state index >= 15 is 0 Å². The van der Waals surface area contributed by atoms with E-state index in [0.717, 1.165) is 4.47 Å². The predicted molar refractivity (Wildman–Crippen MR) is 67.0 cm³/mol. The number of nitrogens with zero attached hydrogens (tertiary/aromatic N) is 1. The number of carbonyl (C=O) groups excluding carboxylic acids is 2. The molecular formula is C10H7BrN2O2S. The summed E-state index contributed by atoms with van der Waals surface area (Å²) in [6, 6.07) is 7.17. The topological polar surface area (TPSA) is 49.4 Å². The van der Waals surface area contributed by atoms with E-state index < -0.39 is 0 Å². The molecule has 1 saturated heterocycles. The van der Waals surface area contributed by atoms with Gasteiger partial charge in [0.25, 0.3) is 0 Å². The number of halogens is 1. The van der Waals surface area contributed by atoms with Crippen molar-refractivity contribution in [2.75, 3.05) is 4.90 Å². The molecule has 1 aliphatic rings. The van der Waals surface area contributed by atoms with Crippen LogP contribution in [0.15, 0.2) is 28.7 Å². The summed E-state index contributed by atoms with van der Waals surface area (Å²) in [7, 11) is 0. The summed E-state index contributed by atoms with van der Waals surface area (Å²) in [5.74, 6) is -0.673. The molecule has 82 valence electrons. The van der Waals surface area contributed by atoms with E-state index in [1.807, 2.05) is 6.07 Å². The molecule has 1 aliphatic heterocycles. The molecule has 0 atom stereocenters. The lowest BCUT2D eigenvalue weighted by Gasteiger charge is -2.27. The molecule has 0 radical (unpaired) electrons. The van der Waals surface area contributed by atoms with Gasteiger partial charge in [0.05, 0.1) is 5.69 Å². The summed E-state index contributed by atoms with van der Waals surface area (Å²) in [5.41, 5.74) is 0.643. The number of thiocarbonyl (C=S) groups is 1. The SMILES string of the molecule is O=C1CC(=O)N(c2cccc(Br)c2)C(=S)N1. The van der Waals surface area contributed by atoms with Crippen LogP contribution in [0.5, 0.6) is 0 Å². The Hall–Kier alpha value is -1.27. The summed E-state index contributed by atoms with van der Waals surface area (Å²) >= 11 is 8.28. The summed E-state index contributed by atoms with van der Waals surface area (Å²) < 4.78 is 0.845. The number of carbonyl (C=O) groups is 2. The molecule has 1 fully saturated rings. The third-order valence-electron chi connectivity index (χ3n) is 2.08. The molecule has 1 N–H and O–H groups in total. The van der Waals surface area contributed by atoms with E-state index in [4.69, 9.17) is 12.2 Å². The first-order valence-corrected chi connectivity index (χ1v) is 5.70. The molecule has 1 aromatic rings. The van der Waals surface area contributed by atoms with Gasteiger partial charge in [-0.15, -0.1) is 0 Å². The molecular weight excluding hydrogens is 292 g/mol. The number of nitrogens with one attached hydrogen (secondary N) is 1. The van der Waals surface area contributed by atoms with Gasteiger partial charge < -0.3 is 5.32 Å². The minimum atomic E-state index is -0.360. The summed E-state index contributed by atoms with van der Waals surface area (Å²) in [6.45, 7) is 0. The first-order valence-electron chi connectivity index (χ1n) is 4.50. The predicted octanol–water partition coefficient (Wildman–Crippen LogP) is 1.59. The van der Waals surface area contributed by atoms with Gasteiger partial charge in [-0.25, -0.2) is 0 Å². The van der Waals surface area contributed by atoms with E-state index in [1.54, 1.807) is 18.2 Å². The van der Waals surface area contributed by atoms with Crippen LogP contribution >= 0.6 is 28.1 Å². The Morgan fingerprint density at radius 3 is 2.75 bits per heavy atom. The van der Waals surface area contributed by atoms with Crippen LogP contribution in [0.1, 0.15) is 6.42 Å². The molecule has 0 unspecified atom stereocenters. The van der Waals surface area contributed by atoms with Gasteiger partial charge in [-0.05, 0) is 30.4 Å². The number of amides is 2. The van der Waals surface area contributed by atoms with Gasteiger partial charge in [0.2, 0.25) is 11.8 Å². The first kappa shape index (κ1) is 11.2. The maximum absolute atomic E-state index is 11.7. The van der Waals surface area contributed by atoms with Crippen LogP contribution in [0.25, 0.3) is 0 Å². The minimum absolute atomic E-state index is 0.124. The number of anilines is 1. The average molecular weight is 299 g/mol. The standard InChI is InChI=1S/C10H7BrN2O2S/c11-6-2-1-3-7(4-6)13-9(15)5-8(14)12-10(13)16/h1-4H,5H2,(H,12,14,16). The van der Waals surface area contributed by atoms with E-state index in [1.165, 1.54) is 4.90 Å². The molecule has 6 heteroatoms. The fourth-order valence-corrected chi connectivity index (χ4v) is 2.13. The highest BCUT2D eigenvalue weighted by molar-refractivity contribution is 9.10. The van der Waals surface area contributed by atoms with Crippen molar-refractivity contribution in [2.24, 2.45) is 0 Å². The third kappa shape index (κ3) is 2.12. The maximum atomic E-state index is 11.7. The quantitative estimate of drug-likeness (QED) is 0.633. The van der Waals surface area contributed by atoms with Crippen molar-refractivity contribution in [1.82, 2.24) is 5.32 Å². The fraction of sp³-hybridized carbons (Fsp3) is 0.100. The summed E-state index contributed by atoms with van der Waals surface area (Å²) in [4.78, 5) is 24.1. The van der Waals surface area contributed by atoms with Gasteiger partial charge in [-0.2, -0.15) is 0 Å². The molecule has 0 aliphatic carbocycles. The summed E-state index contributed by atoms with van der Waals surface area (Å²) in [5, 5.41) is 2.58. The molecule has 2 amide bonds. The molecule has 0 spiro atoms. The lowest BCUT2D eigenvalue weighted by atomic mass is 10.2. The molecule has 0 saturated carbocycles. The van der Waals surface area contributed by atoms with Crippen molar-refractivity contribution in [3.8, 4) is 0 Å². The van der Waals surface area contributed by atoms with E-state index in [0.29, 0.717) is 5.69 Å². The maximum Gasteiger partial charge on any atom is 0.242 e. The highest BCUT2D eigenvalue weighted by Gasteiger charge is 2.29. The third-order valence-corrected chi connectivity index (χ3v) is 2.85. The molecule has 2 rings (SSSR count). The highest BCUT2D eigenvalue weighted by atomic mass is 79.9. The van der Waals surface area contributed by atoms with Crippen LogP contribution in [0.3, 0.4) is 0 Å². The van der Waals surface area contributed by atoms with Crippen molar-refractivity contribution in [3.05, 3.63) is 28.7 Å². The van der Waals surface area contributed by atoms with Gasteiger partial charge in [0.15, 0.2) is 5.11 Å². The van der Waals surface area contributed by atoms with Crippen LogP contribution in [-0.2, 0) is 9.59 Å². The zero-order valence-corrected chi connectivity index (χ0v) is 10.5. The molecule has 16 heavy (non-hydrogen) atoms. The van der Waals surface area contributed by atoms with Crippen molar-refractivity contribution in [3.63, 3.8) is 0 Å². The van der Waals surface area contributed by atoms with E-state index in [9.17, 15) is 9.59 Å². The smallest absolute Gasteiger partial charge is 0.242 e. The Balaban J connectivity index is 2.36.